The number of anilines is 1. The molecule has 0 saturated heterocycles. The summed E-state index contributed by atoms with van der Waals surface area (Å²) in [5.74, 6) is 0. The quantitative estimate of drug-likeness (QED) is 0.858. The predicted molar refractivity (Wildman–Crippen MR) is 88.2 cm³/mol. The lowest BCUT2D eigenvalue weighted by Gasteiger charge is -2.22. The van der Waals surface area contributed by atoms with Crippen LogP contribution in [0.25, 0.3) is 0 Å². The van der Waals surface area contributed by atoms with E-state index in [1.165, 1.54) is 16.1 Å². The predicted octanol–water partition coefficient (Wildman–Crippen LogP) is 3.91. The Morgan fingerprint density at radius 2 is 2.16 bits per heavy atom. The lowest BCUT2D eigenvalue weighted by molar-refractivity contribution is 0.802. The second kappa shape index (κ2) is 7.08. The van der Waals surface area contributed by atoms with Crippen LogP contribution in [0.2, 0.25) is 0 Å². The van der Waals surface area contributed by atoms with Crippen molar-refractivity contribution in [3.63, 3.8) is 0 Å². The van der Waals surface area contributed by atoms with Crippen molar-refractivity contribution in [2.75, 3.05) is 25.5 Å². The van der Waals surface area contributed by atoms with Gasteiger partial charge in [0.1, 0.15) is 0 Å². The van der Waals surface area contributed by atoms with Gasteiger partial charge in [0, 0.05) is 35.2 Å². The standard InChI is InChI=1S/C15H19BrN2S/c1-17-11-12-10-13(16)5-6-15(12)18(2)8-7-14-4-3-9-19-14/h3-6,9-10,17H,7-8,11H2,1-2H3. The number of thiophene rings is 1. The maximum atomic E-state index is 3.54. The maximum Gasteiger partial charge on any atom is 0.0410 e. The Morgan fingerprint density at radius 1 is 1.32 bits per heavy atom. The van der Waals surface area contributed by atoms with Gasteiger partial charge in [0.2, 0.25) is 0 Å². The molecule has 0 aliphatic rings. The fraction of sp³-hybridized carbons (Fsp3) is 0.333. The highest BCUT2D eigenvalue weighted by atomic mass is 79.9. The van der Waals surface area contributed by atoms with Crippen molar-refractivity contribution in [2.45, 2.75) is 13.0 Å². The third-order valence-electron chi connectivity index (χ3n) is 3.09. The van der Waals surface area contributed by atoms with E-state index < -0.39 is 0 Å². The average molecular weight is 339 g/mol. The highest BCUT2D eigenvalue weighted by Gasteiger charge is 2.08. The molecule has 1 aromatic carbocycles. The summed E-state index contributed by atoms with van der Waals surface area (Å²) < 4.78 is 1.13. The molecular weight excluding hydrogens is 320 g/mol. The van der Waals surface area contributed by atoms with Gasteiger partial charge >= 0.3 is 0 Å². The van der Waals surface area contributed by atoms with Crippen LogP contribution in [0.3, 0.4) is 0 Å². The minimum absolute atomic E-state index is 0.887. The Bertz CT molecular complexity index is 511. The van der Waals surface area contributed by atoms with E-state index in [1.54, 1.807) is 0 Å². The molecule has 0 atom stereocenters. The molecule has 102 valence electrons. The third-order valence-corrected chi connectivity index (χ3v) is 4.52. The first-order valence-electron chi connectivity index (χ1n) is 6.37. The molecule has 1 aromatic heterocycles. The molecule has 0 amide bonds. The monoisotopic (exact) mass is 338 g/mol. The zero-order chi connectivity index (χ0) is 13.7. The van der Waals surface area contributed by atoms with Crippen LogP contribution in [-0.2, 0) is 13.0 Å². The van der Waals surface area contributed by atoms with Gasteiger partial charge in [0.05, 0.1) is 0 Å². The summed E-state index contributed by atoms with van der Waals surface area (Å²) in [6.07, 6.45) is 1.10. The van der Waals surface area contributed by atoms with Gasteiger partial charge in [-0.3, -0.25) is 0 Å². The van der Waals surface area contributed by atoms with E-state index in [9.17, 15) is 0 Å². The van der Waals surface area contributed by atoms with Gasteiger partial charge in [-0.25, -0.2) is 0 Å². The van der Waals surface area contributed by atoms with Crippen LogP contribution in [-0.4, -0.2) is 20.6 Å². The van der Waals surface area contributed by atoms with Crippen LogP contribution in [0.15, 0.2) is 40.2 Å². The number of nitrogens with one attached hydrogen (secondary N) is 1. The molecule has 1 N–H and O–H groups in total. The molecule has 0 aliphatic carbocycles. The molecule has 0 bridgehead atoms. The zero-order valence-corrected chi connectivity index (χ0v) is 13.7. The highest BCUT2D eigenvalue weighted by molar-refractivity contribution is 9.10. The molecule has 0 radical (unpaired) electrons. The summed E-state index contributed by atoms with van der Waals surface area (Å²) in [7, 11) is 4.15. The summed E-state index contributed by atoms with van der Waals surface area (Å²) in [4.78, 5) is 3.78. The molecule has 0 fully saturated rings. The summed E-state index contributed by atoms with van der Waals surface area (Å²) in [6, 6.07) is 10.8. The molecule has 19 heavy (non-hydrogen) atoms. The van der Waals surface area contributed by atoms with Crippen molar-refractivity contribution in [1.82, 2.24) is 5.32 Å². The Labute approximate surface area is 127 Å². The number of likely N-dealkylation sites (N-methyl/N-ethyl adjacent to an activating group) is 1. The topological polar surface area (TPSA) is 15.3 Å². The molecule has 2 nitrogen and oxygen atoms in total. The van der Waals surface area contributed by atoms with E-state index in [4.69, 9.17) is 0 Å². The van der Waals surface area contributed by atoms with E-state index in [0.717, 1.165) is 24.0 Å². The summed E-state index contributed by atoms with van der Waals surface area (Å²) in [6.45, 7) is 1.93. The average Bonchev–Trinajstić information content (AvgIpc) is 2.90. The first-order chi connectivity index (χ1) is 9.20. The maximum absolute atomic E-state index is 3.54. The van der Waals surface area contributed by atoms with E-state index >= 15 is 0 Å². The smallest absolute Gasteiger partial charge is 0.0410 e. The zero-order valence-electron chi connectivity index (χ0n) is 11.3. The molecule has 0 aliphatic heterocycles. The molecule has 2 rings (SSSR count). The van der Waals surface area contributed by atoms with Crippen molar-refractivity contribution >= 4 is 33.0 Å². The lowest BCUT2D eigenvalue weighted by atomic mass is 10.1. The van der Waals surface area contributed by atoms with Crippen LogP contribution >= 0.6 is 27.3 Å². The van der Waals surface area contributed by atoms with Crippen molar-refractivity contribution in [3.8, 4) is 0 Å². The number of rotatable bonds is 6. The fourth-order valence-electron chi connectivity index (χ4n) is 2.11. The minimum atomic E-state index is 0.887. The van der Waals surface area contributed by atoms with Crippen molar-refractivity contribution in [1.29, 1.82) is 0 Å². The second-order valence-corrected chi connectivity index (χ2v) is 6.50. The van der Waals surface area contributed by atoms with E-state index in [2.05, 4.69) is 68.9 Å². The Morgan fingerprint density at radius 3 is 2.84 bits per heavy atom. The summed E-state index contributed by atoms with van der Waals surface area (Å²) in [5, 5.41) is 5.37. The number of benzene rings is 1. The van der Waals surface area contributed by atoms with Gasteiger partial charge in [-0.2, -0.15) is 0 Å². The van der Waals surface area contributed by atoms with Crippen LogP contribution in [0, 0.1) is 0 Å². The first-order valence-corrected chi connectivity index (χ1v) is 8.04. The molecule has 2 aromatic rings. The van der Waals surface area contributed by atoms with E-state index in [-0.39, 0.29) is 0 Å². The molecular formula is C15H19BrN2S. The lowest BCUT2D eigenvalue weighted by Crippen LogP contribution is -2.22. The highest BCUT2D eigenvalue weighted by Crippen LogP contribution is 2.24. The van der Waals surface area contributed by atoms with Gasteiger partial charge in [0.25, 0.3) is 0 Å². The van der Waals surface area contributed by atoms with Gasteiger partial charge in [-0.05, 0) is 48.7 Å². The molecule has 1 heterocycles. The normalized spacial score (nSPS) is 10.7. The third kappa shape index (κ3) is 4.06. The Balaban J connectivity index is 2.07. The van der Waals surface area contributed by atoms with Gasteiger partial charge < -0.3 is 10.2 Å². The molecule has 0 unspecified atom stereocenters. The van der Waals surface area contributed by atoms with Crippen molar-refractivity contribution < 1.29 is 0 Å². The van der Waals surface area contributed by atoms with Gasteiger partial charge in [0.15, 0.2) is 0 Å². The van der Waals surface area contributed by atoms with Crippen LogP contribution in [0.5, 0.6) is 0 Å². The van der Waals surface area contributed by atoms with Crippen molar-refractivity contribution in [2.24, 2.45) is 0 Å². The minimum Gasteiger partial charge on any atom is -0.374 e. The molecule has 4 heteroatoms. The second-order valence-electron chi connectivity index (χ2n) is 4.55. The summed E-state index contributed by atoms with van der Waals surface area (Å²) in [5.41, 5.74) is 2.62. The first kappa shape index (κ1) is 14.6. The molecule has 0 spiro atoms. The van der Waals surface area contributed by atoms with E-state index in [0.29, 0.717) is 0 Å². The Kier molecular flexibility index (Phi) is 5.43. The number of hydrogen-bond acceptors (Lipinski definition) is 3. The van der Waals surface area contributed by atoms with Crippen LogP contribution in [0.4, 0.5) is 5.69 Å². The van der Waals surface area contributed by atoms with Gasteiger partial charge in [-0.1, -0.05) is 22.0 Å². The van der Waals surface area contributed by atoms with Crippen LogP contribution < -0.4 is 10.2 Å². The van der Waals surface area contributed by atoms with Crippen LogP contribution in [0.1, 0.15) is 10.4 Å². The molecule has 0 saturated carbocycles. The van der Waals surface area contributed by atoms with Gasteiger partial charge in [-0.15, -0.1) is 11.3 Å². The largest absolute Gasteiger partial charge is 0.374 e. The fourth-order valence-corrected chi connectivity index (χ4v) is 3.22. The summed E-state index contributed by atoms with van der Waals surface area (Å²) >= 11 is 5.37. The van der Waals surface area contributed by atoms with E-state index in [1.807, 2.05) is 18.4 Å². The number of halogens is 1. The Hall–Kier alpha value is -0.840. The number of hydrogen-bond donors (Lipinski definition) is 1. The number of nitrogens with zero attached hydrogens (tertiary/aromatic N) is 1. The van der Waals surface area contributed by atoms with Crippen molar-refractivity contribution in [3.05, 3.63) is 50.6 Å². The SMILES string of the molecule is CNCc1cc(Br)ccc1N(C)CCc1cccs1.